The Morgan fingerprint density at radius 3 is 2.46 bits per heavy atom. The minimum absolute atomic E-state index is 0.0951. The Morgan fingerprint density at radius 1 is 1.19 bits per heavy atom. The third kappa shape index (κ3) is 5.43. The topological polar surface area (TPSA) is 72.9 Å². The lowest BCUT2D eigenvalue weighted by Crippen LogP contribution is -2.46. The molecule has 1 aromatic heterocycles. The Labute approximate surface area is 157 Å². The molecule has 0 spiro atoms. The average molecular weight is 357 g/mol. The van der Waals surface area contributed by atoms with Crippen LogP contribution in [-0.2, 0) is 17.8 Å². The number of nitrogens with zero attached hydrogens (tertiary/aromatic N) is 2. The van der Waals surface area contributed by atoms with Gasteiger partial charge in [-0.3, -0.25) is 4.79 Å². The number of hydrogen-bond donors (Lipinski definition) is 2. The van der Waals surface area contributed by atoms with E-state index in [1.165, 1.54) is 5.56 Å². The molecule has 0 bridgehead atoms. The molecule has 1 atom stereocenters. The molecule has 0 saturated heterocycles. The van der Waals surface area contributed by atoms with E-state index in [2.05, 4.69) is 43.2 Å². The van der Waals surface area contributed by atoms with E-state index in [9.17, 15) is 4.79 Å². The van der Waals surface area contributed by atoms with Crippen molar-refractivity contribution >= 4 is 5.91 Å². The molecule has 0 saturated carbocycles. The van der Waals surface area contributed by atoms with Gasteiger partial charge < -0.3 is 15.6 Å². The Morgan fingerprint density at radius 2 is 1.85 bits per heavy atom. The highest BCUT2D eigenvalue weighted by atomic mass is 16.2. The highest BCUT2D eigenvalue weighted by Gasteiger charge is 2.25. The summed E-state index contributed by atoms with van der Waals surface area (Å²) in [6.07, 6.45) is 7.38. The first-order valence-electron chi connectivity index (χ1n) is 9.59. The van der Waals surface area contributed by atoms with Crippen molar-refractivity contribution in [2.45, 2.75) is 59.0 Å². The molecule has 0 aliphatic heterocycles. The van der Waals surface area contributed by atoms with E-state index in [1.54, 1.807) is 6.33 Å². The van der Waals surface area contributed by atoms with Gasteiger partial charge in [0.25, 0.3) is 0 Å². The summed E-state index contributed by atoms with van der Waals surface area (Å²) in [7, 11) is 0. The molecule has 0 unspecified atom stereocenters. The zero-order valence-corrected chi connectivity index (χ0v) is 16.2. The van der Waals surface area contributed by atoms with E-state index in [-0.39, 0.29) is 11.3 Å². The molecule has 2 rings (SSSR count). The standard InChI is InChI=1S/C21H32N4O/c1-4-21(5-2,6-3)15-23-20(26)19(22)12-18-14-25(16-24-18)13-17-10-8-7-9-11-17/h7-11,14,16,19H,4-6,12-13,15,22H2,1-3H3,(H,23,26)/t19-/m0/s1. The molecule has 5 nitrogen and oxygen atoms in total. The summed E-state index contributed by atoms with van der Waals surface area (Å²) < 4.78 is 2.02. The highest BCUT2D eigenvalue weighted by molar-refractivity contribution is 5.81. The number of imidazole rings is 1. The fourth-order valence-electron chi connectivity index (χ4n) is 3.24. The van der Waals surface area contributed by atoms with Crippen LogP contribution in [0.5, 0.6) is 0 Å². The second-order valence-corrected chi connectivity index (χ2v) is 7.11. The molecule has 0 radical (unpaired) electrons. The van der Waals surface area contributed by atoms with Crippen molar-refractivity contribution < 1.29 is 4.79 Å². The fraction of sp³-hybridized carbons (Fsp3) is 0.524. The number of hydrogen-bond acceptors (Lipinski definition) is 3. The van der Waals surface area contributed by atoms with E-state index in [0.717, 1.165) is 31.5 Å². The van der Waals surface area contributed by atoms with Crippen molar-refractivity contribution in [2.75, 3.05) is 6.54 Å². The Kier molecular flexibility index (Phi) is 7.39. The van der Waals surface area contributed by atoms with Gasteiger partial charge in [-0.15, -0.1) is 0 Å². The molecule has 0 aliphatic carbocycles. The summed E-state index contributed by atoms with van der Waals surface area (Å²) in [6.45, 7) is 7.99. The molecule has 2 aromatic rings. The molecule has 1 aromatic carbocycles. The summed E-state index contributed by atoms with van der Waals surface area (Å²) in [6, 6.07) is 9.65. The summed E-state index contributed by atoms with van der Waals surface area (Å²) in [5.41, 5.74) is 8.34. The van der Waals surface area contributed by atoms with Crippen LogP contribution in [0.3, 0.4) is 0 Å². The summed E-state index contributed by atoms with van der Waals surface area (Å²) in [5.74, 6) is -0.0951. The molecule has 1 amide bonds. The molecule has 3 N–H and O–H groups in total. The van der Waals surface area contributed by atoms with Crippen LogP contribution in [0.25, 0.3) is 0 Å². The summed E-state index contributed by atoms with van der Waals surface area (Å²) in [5, 5.41) is 3.04. The minimum atomic E-state index is -0.571. The van der Waals surface area contributed by atoms with Crippen molar-refractivity contribution in [3.8, 4) is 0 Å². The lowest BCUT2D eigenvalue weighted by molar-refractivity contribution is -0.122. The van der Waals surface area contributed by atoms with E-state index in [4.69, 9.17) is 5.73 Å². The quantitative estimate of drug-likeness (QED) is 0.687. The number of benzene rings is 1. The van der Waals surface area contributed by atoms with Gasteiger partial charge in [0, 0.05) is 25.7 Å². The van der Waals surface area contributed by atoms with Crippen LogP contribution in [0.2, 0.25) is 0 Å². The largest absolute Gasteiger partial charge is 0.354 e. The predicted octanol–water partition coefficient (Wildman–Crippen LogP) is 3.13. The summed E-state index contributed by atoms with van der Waals surface area (Å²) >= 11 is 0. The Bertz CT molecular complexity index is 668. The van der Waals surface area contributed by atoms with Crippen LogP contribution in [-0.4, -0.2) is 28.0 Å². The van der Waals surface area contributed by atoms with Crippen molar-refractivity contribution in [1.82, 2.24) is 14.9 Å². The van der Waals surface area contributed by atoms with Gasteiger partial charge in [-0.05, 0) is 30.2 Å². The van der Waals surface area contributed by atoms with Crippen LogP contribution in [0.15, 0.2) is 42.9 Å². The van der Waals surface area contributed by atoms with Gasteiger partial charge in [0.05, 0.1) is 18.1 Å². The molecular weight excluding hydrogens is 324 g/mol. The highest BCUT2D eigenvalue weighted by Crippen LogP contribution is 2.29. The molecule has 0 fully saturated rings. The summed E-state index contributed by atoms with van der Waals surface area (Å²) in [4.78, 5) is 16.8. The number of carbonyl (C=O) groups excluding carboxylic acids is 1. The van der Waals surface area contributed by atoms with E-state index in [0.29, 0.717) is 13.0 Å². The van der Waals surface area contributed by atoms with E-state index >= 15 is 0 Å². The number of nitrogens with one attached hydrogen (secondary N) is 1. The zero-order chi connectivity index (χ0) is 19.0. The number of nitrogens with two attached hydrogens (primary N) is 1. The van der Waals surface area contributed by atoms with Crippen molar-refractivity contribution in [1.29, 1.82) is 0 Å². The van der Waals surface area contributed by atoms with Gasteiger partial charge in [-0.2, -0.15) is 0 Å². The van der Waals surface area contributed by atoms with Crippen molar-refractivity contribution in [3.63, 3.8) is 0 Å². The maximum absolute atomic E-state index is 12.4. The lowest BCUT2D eigenvalue weighted by atomic mass is 9.80. The maximum atomic E-state index is 12.4. The van der Waals surface area contributed by atoms with Gasteiger partial charge in [-0.1, -0.05) is 51.1 Å². The van der Waals surface area contributed by atoms with Crippen LogP contribution in [0.1, 0.15) is 51.3 Å². The maximum Gasteiger partial charge on any atom is 0.237 e. The first-order chi connectivity index (χ1) is 12.5. The number of amides is 1. The average Bonchev–Trinajstić information content (AvgIpc) is 3.10. The SMILES string of the molecule is CCC(CC)(CC)CNC(=O)[C@@H](N)Cc1cn(Cc2ccccc2)cn1. The third-order valence-electron chi connectivity index (χ3n) is 5.55. The van der Waals surface area contributed by atoms with Gasteiger partial charge in [0.1, 0.15) is 0 Å². The van der Waals surface area contributed by atoms with Gasteiger partial charge in [-0.25, -0.2) is 4.98 Å². The molecule has 1 heterocycles. The Balaban J connectivity index is 1.87. The van der Waals surface area contributed by atoms with E-state index < -0.39 is 6.04 Å². The second-order valence-electron chi connectivity index (χ2n) is 7.11. The first kappa shape index (κ1) is 20.2. The number of rotatable bonds is 10. The second kappa shape index (κ2) is 9.53. The lowest BCUT2D eigenvalue weighted by Gasteiger charge is -2.31. The monoisotopic (exact) mass is 356 g/mol. The molecular formula is C21H32N4O. The minimum Gasteiger partial charge on any atom is -0.354 e. The smallest absolute Gasteiger partial charge is 0.237 e. The predicted molar refractivity (Wildman–Crippen MR) is 106 cm³/mol. The van der Waals surface area contributed by atoms with Crippen molar-refractivity contribution in [3.05, 3.63) is 54.1 Å². The number of carbonyl (C=O) groups is 1. The van der Waals surface area contributed by atoms with Gasteiger partial charge >= 0.3 is 0 Å². The van der Waals surface area contributed by atoms with Crippen LogP contribution in [0.4, 0.5) is 0 Å². The molecule has 0 aliphatic rings. The normalized spacial score (nSPS) is 12.8. The molecule has 26 heavy (non-hydrogen) atoms. The van der Waals surface area contributed by atoms with Crippen molar-refractivity contribution in [2.24, 2.45) is 11.1 Å². The van der Waals surface area contributed by atoms with Crippen LogP contribution < -0.4 is 11.1 Å². The first-order valence-corrected chi connectivity index (χ1v) is 9.59. The third-order valence-corrected chi connectivity index (χ3v) is 5.55. The zero-order valence-electron chi connectivity index (χ0n) is 16.2. The van der Waals surface area contributed by atoms with Crippen LogP contribution in [0, 0.1) is 5.41 Å². The van der Waals surface area contributed by atoms with Crippen LogP contribution >= 0.6 is 0 Å². The Hall–Kier alpha value is -2.14. The molecule has 142 valence electrons. The molecule has 5 heteroatoms. The van der Waals surface area contributed by atoms with Gasteiger partial charge in [0.15, 0.2) is 0 Å². The number of aromatic nitrogens is 2. The van der Waals surface area contributed by atoms with E-state index in [1.807, 2.05) is 29.0 Å². The fourth-order valence-corrected chi connectivity index (χ4v) is 3.24. The van der Waals surface area contributed by atoms with Gasteiger partial charge in [0.2, 0.25) is 5.91 Å².